The summed E-state index contributed by atoms with van der Waals surface area (Å²) in [6, 6.07) is -1.33. The van der Waals surface area contributed by atoms with E-state index in [1.165, 1.54) is 29.1 Å². The number of anilines is 1. The topological polar surface area (TPSA) is 108 Å². The number of nitrogens with one attached hydrogen (secondary N) is 1. The maximum absolute atomic E-state index is 12.2. The Balaban J connectivity index is 2.12. The van der Waals surface area contributed by atoms with Crippen LogP contribution in [0, 0.1) is 0 Å². The van der Waals surface area contributed by atoms with Gasteiger partial charge in [0.1, 0.15) is 6.04 Å². The summed E-state index contributed by atoms with van der Waals surface area (Å²) in [7, 11) is 0. The SMILES string of the molecule is CCCC1SCC(C(=O)O)N1C(=O)Nc1nccnn1. The molecule has 1 fully saturated rings. The highest BCUT2D eigenvalue weighted by atomic mass is 32.2. The van der Waals surface area contributed by atoms with Gasteiger partial charge in [0.2, 0.25) is 0 Å². The fraction of sp³-hybridized carbons (Fsp3) is 0.545. The number of amides is 2. The average molecular weight is 297 g/mol. The van der Waals surface area contributed by atoms with E-state index in [1.54, 1.807) is 0 Å². The molecule has 2 amide bonds. The number of hydrogen-bond donors (Lipinski definition) is 2. The molecule has 0 saturated carbocycles. The Morgan fingerprint density at radius 1 is 1.55 bits per heavy atom. The van der Waals surface area contributed by atoms with Gasteiger partial charge in [-0.1, -0.05) is 13.3 Å². The van der Waals surface area contributed by atoms with Gasteiger partial charge in [0.25, 0.3) is 5.95 Å². The highest BCUT2D eigenvalue weighted by Crippen LogP contribution is 2.32. The van der Waals surface area contributed by atoms with Crippen molar-refractivity contribution in [2.24, 2.45) is 0 Å². The van der Waals surface area contributed by atoms with E-state index >= 15 is 0 Å². The summed E-state index contributed by atoms with van der Waals surface area (Å²) in [6.45, 7) is 2.00. The van der Waals surface area contributed by atoms with Crippen LogP contribution < -0.4 is 5.32 Å². The van der Waals surface area contributed by atoms with Crippen LogP contribution >= 0.6 is 11.8 Å². The van der Waals surface area contributed by atoms with Crippen molar-refractivity contribution in [2.75, 3.05) is 11.1 Å². The van der Waals surface area contributed by atoms with Crippen LogP contribution in [0.15, 0.2) is 12.4 Å². The molecule has 108 valence electrons. The Kier molecular flexibility index (Phi) is 4.72. The number of carbonyl (C=O) groups is 2. The first kappa shape index (κ1) is 14.5. The lowest BCUT2D eigenvalue weighted by Gasteiger charge is -2.26. The van der Waals surface area contributed by atoms with Gasteiger partial charge in [-0.25, -0.2) is 14.6 Å². The Morgan fingerprint density at radius 3 is 2.95 bits per heavy atom. The molecule has 1 aliphatic rings. The third-order valence-electron chi connectivity index (χ3n) is 2.85. The van der Waals surface area contributed by atoms with Gasteiger partial charge in [-0.15, -0.1) is 16.9 Å². The Bertz CT molecular complexity index is 486. The van der Waals surface area contributed by atoms with E-state index in [-0.39, 0.29) is 11.3 Å². The Morgan fingerprint density at radius 2 is 2.35 bits per heavy atom. The number of aromatic nitrogens is 3. The van der Waals surface area contributed by atoms with Crippen molar-refractivity contribution in [3.05, 3.63) is 12.4 Å². The molecule has 20 heavy (non-hydrogen) atoms. The third kappa shape index (κ3) is 3.16. The van der Waals surface area contributed by atoms with Gasteiger partial charge in [0.05, 0.1) is 17.8 Å². The van der Waals surface area contributed by atoms with Crippen LogP contribution in [-0.2, 0) is 4.79 Å². The first-order chi connectivity index (χ1) is 9.63. The van der Waals surface area contributed by atoms with Gasteiger partial charge in [0, 0.05) is 5.75 Å². The van der Waals surface area contributed by atoms with Crippen LogP contribution in [0.4, 0.5) is 10.7 Å². The van der Waals surface area contributed by atoms with E-state index in [0.29, 0.717) is 5.75 Å². The molecule has 0 aliphatic carbocycles. The van der Waals surface area contributed by atoms with Crippen molar-refractivity contribution in [1.82, 2.24) is 20.1 Å². The van der Waals surface area contributed by atoms with Crippen molar-refractivity contribution >= 4 is 29.7 Å². The lowest BCUT2D eigenvalue weighted by atomic mass is 10.2. The summed E-state index contributed by atoms with van der Waals surface area (Å²) < 4.78 is 0. The number of carboxylic acid groups (broad SMARTS) is 1. The molecule has 9 heteroatoms. The maximum Gasteiger partial charge on any atom is 0.327 e. The molecule has 2 heterocycles. The summed E-state index contributed by atoms with van der Waals surface area (Å²) >= 11 is 1.48. The first-order valence-corrected chi connectivity index (χ1v) is 7.25. The number of carbonyl (C=O) groups excluding carboxylic acids is 1. The molecular weight excluding hydrogens is 282 g/mol. The van der Waals surface area contributed by atoms with E-state index in [9.17, 15) is 14.7 Å². The second-order valence-electron chi connectivity index (χ2n) is 4.23. The van der Waals surface area contributed by atoms with Gasteiger partial charge in [0.15, 0.2) is 0 Å². The number of aliphatic carboxylic acids is 1. The van der Waals surface area contributed by atoms with Crippen LogP contribution in [0.2, 0.25) is 0 Å². The Hall–Kier alpha value is -1.90. The van der Waals surface area contributed by atoms with Crippen molar-refractivity contribution < 1.29 is 14.7 Å². The predicted molar refractivity (Wildman–Crippen MR) is 73.3 cm³/mol. The minimum atomic E-state index is -1.00. The van der Waals surface area contributed by atoms with E-state index in [0.717, 1.165) is 12.8 Å². The number of urea groups is 1. The molecule has 2 unspecified atom stereocenters. The van der Waals surface area contributed by atoms with Crippen LogP contribution in [0.25, 0.3) is 0 Å². The fourth-order valence-corrected chi connectivity index (χ4v) is 3.47. The van der Waals surface area contributed by atoms with E-state index < -0.39 is 18.0 Å². The molecule has 1 aliphatic heterocycles. The zero-order valence-corrected chi connectivity index (χ0v) is 11.7. The fourth-order valence-electron chi connectivity index (χ4n) is 1.96. The van der Waals surface area contributed by atoms with Gasteiger partial charge < -0.3 is 5.11 Å². The van der Waals surface area contributed by atoms with Gasteiger partial charge in [-0.2, -0.15) is 5.10 Å². The van der Waals surface area contributed by atoms with Crippen LogP contribution in [0.5, 0.6) is 0 Å². The second-order valence-corrected chi connectivity index (χ2v) is 5.45. The maximum atomic E-state index is 12.2. The van der Waals surface area contributed by atoms with Crippen molar-refractivity contribution in [3.63, 3.8) is 0 Å². The van der Waals surface area contributed by atoms with E-state index in [4.69, 9.17) is 0 Å². The predicted octanol–water partition coefficient (Wildman–Crippen LogP) is 1.03. The van der Waals surface area contributed by atoms with Crippen molar-refractivity contribution in [3.8, 4) is 0 Å². The zero-order chi connectivity index (χ0) is 14.5. The van der Waals surface area contributed by atoms with Crippen LogP contribution in [0.1, 0.15) is 19.8 Å². The highest BCUT2D eigenvalue weighted by molar-refractivity contribution is 8.00. The zero-order valence-electron chi connectivity index (χ0n) is 10.9. The number of thioether (sulfide) groups is 1. The largest absolute Gasteiger partial charge is 0.480 e. The average Bonchev–Trinajstić information content (AvgIpc) is 2.84. The second kappa shape index (κ2) is 6.51. The van der Waals surface area contributed by atoms with Crippen LogP contribution in [-0.4, -0.2) is 54.4 Å². The summed E-state index contributed by atoms with van der Waals surface area (Å²) in [6.07, 6.45) is 4.41. The molecule has 1 aromatic heterocycles. The minimum Gasteiger partial charge on any atom is -0.480 e. The minimum absolute atomic E-state index is 0.0637. The molecule has 2 atom stereocenters. The highest BCUT2D eigenvalue weighted by Gasteiger charge is 2.41. The van der Waals surface area contributed by atoms with Crippen molar-refractivity contribution in [1.29, 1.82) is 0 Å². The molecule has 2 rings (SSSR count). The van der Waals surface area contributed by atoms with Gasteiger partial charge in [-0.3, -0.25) is 10.2 Å². The molecular formula is C11H15N5O3S. The van der Waals surface area contributed by atoms with Crippen molar-refractivity contribution in [2.45, 2.75) is 31.2 Å². The lowest BCUT2D eigenvalue weighted by Crippen LogP contribution is -2.47. The van der Waals surface area contributed by atoms with Crippen LogP contribution in [0.3, 0.4) is 0 Å². The molecule has 0 aromatic carbocycles. The smallest absolute Gasteiger partial charge is 0.327 e. The Labute approximate surface area is 120 Å². The summed E-state index contributed by atoms with van der Waals surface area (Å²) in [5.41, 5.74) is 0. The standard InChI is InChI=1S/C11H15N5O3S/c1-2-3-8-16(7(6-20-8)9(17)18)11(19)14-10-12-4-5-13-15-10/h4-5,7-8H,2-3,6H2,1H3,(H,17,18)(H,12,14,15,19). The molecule has 1 saturated heterocycles. The monoisotopic (exact) mass is 297 g/mol. The molecule has 2 N–H and O–H groups in total. The molecule has 0 bridgehead atoms. The number of nitrogens with zero attached hydrogens (tertiary/aromatic N) is 4. The summed E-state index contributed by atoms with van der Waals surface area (Å²) in [5.74, 6) is -0.548. The number of hydrogen-bond acceptors (Lipinski definition) is 6. The van der Waals surface area contributed by atoms with Gasteiger partial charge in [-0.05, 0) is 6.42 Å². The quantitative estimate of drug-likeness (QED) is 0.854. The molecule has 8 nitrogen and oxygen atoms in total. The van der Waals surface area contributed by atoms with Gasteiger partial charge >= 0.3 is 12.0 Å². The normalized spacial score (nSPS) is 21.8. The van der Waals surface area contributed by atoms with E-state index in [2.05, 4.69) is 20.5 Å². The number of rotatable bonds is 4. The third-order valence-corrected chi connectivity index (χ3v) is 4.20. The number of carboxylic acids is 1. The summed E-state index contributed by atoms with van der Waals surface area (Å²) in [5, 5.41) is 18.8. The molecule has 1 aromatic rings. The molecule has 0 radical (unpaired) electrons. The summed E-state index contributed by atoms with van der Waals surface area (Å²) in [4.78, 5) is 28.7. The molecule has 0 spiro atoms. The first-order valence-electron chi connectivity index (χ1n) is 6.21. The lowest BCUT2D eigenvalue weighted by molar-refractivity contribution is -0.141. The van der Waals surface area contributed by atoms with E-state index in [1.807, 2.05) is 6.92 Å².